The van der Waals surface area contributed by atoms with E-state index < -0.39 is 0 Å². The molecule has 18 heavy (non-hydrogen) atoms. The van der Waals surface area contributed by atoms with Gasteiger partial charge in [-0.25, -0.2) is 0 Å². The first-order valence-corrected chi connectivity index (χ1v) is 4.85. The number of hydrogen-bond acceptors (Lipinski definition) is 3. The van der Waals surface area contributed by atoms with E-state index >= 15 is 0 Å². The summed E-state index contributed by atoms with van der Waals surface area (Å²) in [6, 6.07) is 0. The molecule has 1 aliphatic carbocycles. The van der Waals surface area contributed by atoms with Crippen LogP contribution in [0.4, 0.5) is 0 Å². The van der Waals surface area contributed by atoms with E-state index in [9.17, 15) is 0 Å². The summed E-state index contributed by atoms with van der Waals surface area (Å²) in [7, 11) is 13.8. The molecule has 3 radical (unpaired) electrons. The van der Waals surface area contributed by atoms with Crippen LogP contribution in [0, 0.1) is 27.8 Å². The average molecular weight is 465 g/mol. The van der Waals surface area contributed by atoms with Gasteiger partial charge in [-0.3, -0.25) is 7.05 Å². The van der Waals surface area contributed by atoms with E-state index in [0.29, 0.717) is 18.3 Å². The van der Waals surface area contributed by atoms with Gasteiger partial charge in [0.15, 0.2) is 0 Å². The van der Waals surface area contributed by atoms with Crippen LogP contribution in [0.15, 0.2) is 0 Å². The SMILES string of the molecule is CO.[B]C1CCC(CO)C1.[CH2-]N(C)C.[CH3-].[CH3-].[V+2].[W]. The molecule has 109 valence electrons. The Morgan fingerprint density at radius 1 is 1.22 bits per heavy atom. The van der Waals surface area contributed by atoms with Crippen molar-refractivity contribution in [1.29, 1.82) is 0 Å². The molecule has 2 unspecified atom stereocenters. The molecular formula is C12H29BNO2VW-. The van der Waals surface area contributed by atoms with Crippen molar-refractivity contribution in [1.82, 2.24) is 4.90 Å². The predicted octanol–water partition coefficient (Wildman–Crippen LogP) is 1.58. The fourth-order valence-electron chi connectivity index (χ4n) is 1.28. The van der Waals surface area contributed by atoms with E-state index in [-0.39, 0.29) is 54.5 Å². The number of rotatable bonds is 1. The van der Waals surface area contributed by atoms with E-state index in [1.54, 1.807) is 4.90 Å². The summed E-state index contributed by atoms with van der Waals surface area (Å²) >= 11 is 0. The summed E-state index contributed by atoms with van der Waals surface area (Å²) in [6.07, 6.45) is 3.25. The maximum absolute atomic E-state index is 8.63. The molecule has 3 nitrogen and oxygen atoms in total. The van der Waals surface area contributed by atoms with Gasteiger partial charge in [-0.1, -0.05) is 18.7 Å². The first-order valence-electron chi connectivity index (χ1n) is 4.85. The van der Waals surface area contributed by atoms with E-state index in [1.807, 2.05) is 14.1 Å². The van der Waals surface area contributed by atoms with Crippen LogP contribution < -0.4 is 0 Å². The Balaban J connectivity index is -0.0000000323. The first kappa shape index (κ1) is 36.5. The Labute approximate surface area is 143 Å². The van der Waals surface area contributed by atoms with Crippen LogP contribution in [-0.4, -0.2) is 50.8 Å². The molecule has 0 bridgehead atoms. The molecule has 0 aliphatic heterocycles. The first-order chi connectivity index (χ1) is 6.56. The minimum Gasteiger partial charge on any atom is -0.464 e. The van der Waals surface area contributed by atoms with Gasteiger partial charge in [-0.2, -0.15) is 0 Å². The Kier molecular flexibility index (Phi) is 54.2. The Morgan fingerprint density at radius 3 is 1.67 bits per heavy atom. The number of nitrogens with zero attached hydrogens (tertiary/aromatic N) is 1. The van der Waals surface area contributed by atoms with Crippen molar-refractivity contribution in [2.45, 2.75) is 25.1 Å². The van der Waals surface area contributed by atoms with Crippen molar-refractivity contribution in [3.63, 3.8) is 0 Å². The summed E-state index contributed by atoms with van der Waals surface area (Å²) in [5, 5.41) is 15.6. The van der Waals surface area contributed by atoms with Crippen LogP contribution in [-0.2, 0) is 39.6 Å². The zero-order valence-electron chi connectivity index (χ0n) is 12.5. The Hall–Kier alpha value is 1.22. The van der Waals surface area contributed by atoms with Crippen molar-refractivity contribution in [2.75, 3.05) is 27.8 Å². The zero-order chi connectivity index (χ0) is 11.6. The summed E-state index contributed by atoms with van der Waals surface area (Å²) in [5.74, 6) is 0.872. The topological polar surface area (TPSA) is 43.7 Å². The molecule has 1 rings (SSSR count). The van der Waals surface area contributed by atoms with Crippen molar-refractivity contribution in [2.24, 2.45) is 5.92 Å². The molecule has 0 saturated heterocycles. The van der Waals surface area contributed by atoms with Gasteiger partial charge in [-0.05, 0) is 26.4 Å². The third kappa shape index (κ3) is 30.3. The molecule has 1 aliphatic rings. The molecule has 2 atom stereocenters. The number of aliphatic hydroxyl groups excluding tert-OH is 2. The fourth-order valence-corrected chi connectivity index (χ4v) is 1.28. The van der Waals surface area contributed by atoms with Crippen molar-refractivity contribution in [3.05, 3.63) is 21.9 Å². The standard InChI is InChI=1S/C6H11BO.C3H8N.CH4O.2CH3.V.W/c7-6-2-1-5(3-6)4-8;1-4(2)3;1-2;;;;/h5-6,8H,1-4H2;1H2,2-3H3;2H,1H3;2*1H3;;/q;-1;;2*-1;+2;. The van der Waals surface area contributed by atoms with Crippen LogP contribution in [0.1, 0.15) is 19.3 Å². The molecule has 0 amide bonds. The Bertz CT molecular complexity index is 121. The van der Waals surface area contributed by atoms with Crippen molar-refractivity contribution >= 4 is 7.85 Å². The van der Waals surface area contributed by atoms with E-state index in [0.717, 1.165) is 26.4 Å². The molecule has 0 heterocycles. The second-order valence-corrected chi connectivity index (χ2v) is 3.70. The molecule has 0 aromatic rings. The predicted molar refractivity (Wildman–Crippen MR) is 73.9 cm³/mol. The van der Waals surface area contributed by atoms with Gasteiger partial charge in [0.05, 0.1) is 7.85 Å². The maximum atomic E-state index is 8.63. The molecule has 0 spiro atoms. The molecule has 6 heteroatoms. The van der Waals surface area contributed by atoms with Crippen LogP contribution >= 0.6 is 0 Å². The minimum absolute atomic E-state index is 0. The van der Waals surface area contributed by atoms with Gasteiger partial charge in [0.2, 0.25) is 0 Å². The largest absolute Gasteiger partial charge is 2.00 e. The molecule has 0 aromatic heterocycles. The molecule has 1 fully saturated rings. The molecule has 1 saturated carbocycles. The summed E-state index contributed by atoms with van der Waals surface area (Å²) in [5.41, 5.74) is 0. The van der Waals surface area contributed by atoms with Gasteiger partial charge in [0, 0.05) is 34.8 Å². The quantitative estimate of drug-likeness (QED) is 0.457. The fraction of sp³-hybridized carbons (Fsp3) is 0.750. The summed E-state index contributed by atoms with van der Waals surface area (Å²) < 4.78 is 0. The average Bonchev–Trinajstić information content (AvgIpc) is 2.54. The maximum Gasteiger partial charge on any atom is 2.00 e. The van der Waals surface area contributed by atoms with E-state index in [1.165, 1.54) is 0 Å². The number of hydrogen-bond donors (Lipinski definition) is 2. The third-order valence-corrected chi connectivity index (χ3v) is 1.84. The number of aliphatic hydroxyl groups is 2. The second-order valence-electron chi connectivity index (χ2n) is 3.70. The van der Waals surface area contributed by atoms with Gasteiger partial charge in [0.25, 0.3) is 0 Å². The normalized spacial score (nSPS) is 19.3. The van der Waals surface area contributed by atoms with Crippen molar-refractivity contribution < 1.29 is 49.8 Å². The van der Waals surface area contributed by atoms with Gasteiger partial charge in [0.1, 0.15) is 0 Å². The smallest absolute Gasteiger partial charge is 0.464 e. The van der Waals surface area contributed by atoms with Crippen molar-refractivity contribution in [3.8, 4) is 0 Å². The van der Waals surface area contributed by atoms with Gasteiger partial charge in [-0.15, -0.1) is 0 Å². The summed E-state index contributed by atoms with van der Waals surface area (Å²) in [4.78, 5) is 1.75. The summed E-state index contributed by atoms with van der Waals surface area (Å²) in [6.45, 7) is 0.327. The third-order valence-electron chi connectivity index (χ3n) is 1.84. The van der Waals surface area contributed by atoms with Crippen LogP contribution in [0.3, 0.4) is 0 Å². The van der Waals surface area contributed by atoms with Crippen LogP contribution in [0.25, 0.3) is 0 Å². The monoisotopic (exact) mass is 465 g/mol. The molecule has 2 N–H and O–H groups in total. The zero-order valence-corrected chi connectivity index (χ0v) is 16.8. The molecular weight excluding hydrogens is 436 g/mol. The second kappa shape index (κ2) is 26.7. The molecule has 0 aromatic carbocycles. The van der Waals surface area contributed by atoms with Gasteiger partial charge < -0.3 is 30.0 Å². The van der Waals surface area contributed by atoms with Gasteiger partial charge >= 0.3 is 18.6 Å². The minimum atomic E-state index is 0. The van der Waals surface area contributed by atoms with Crippen LogP contribution in [0.5, 0.6) is 0 Å². The van der Waals surface area contributed by atoms with E-state index in [4.69, 9.17) is 18.1 Å². The van der Waals surface area contributed by atoms with E-state index in [2.05, 4.69) is 7.05 Å². The van der Waals surface area contributed by atoms with Crippen LogP contribution in [0.2, 0.25) is 5.82 Å². The Morgan fingerprint density at radius 2 is 1.56 bits per heavy atom.